The van der Waals surface area contributed by atoms with Crippen molar-refractivity contribution < 1.29 is 22.4 Å². The Morgan fingerprint density at radius 1 is 1.44 bits per heavy atom. The second kappa shape index (κ2) is 7.38. The zero-order valence-electron chi connectivity index (χ0n) is 13.8. The number of carbonyl (C=O) groups excluding carboxylic acids is 1. The van der Waals surface area contributed by atoms with Gasteiger partial charge >= 0.3 is 0 Å². The molecule has 1 atom stereocenters. The average molecular weight is 368 g/mol. The summed E-state index contributed by atoms with van der Waals surface area (Å²) in [5.41, 5.74) is 0. The Morgan fingerprint density at radius 2 is 2.28 bits per heavy atom. The molecule has 0 unspecified atom stereocenters. The molecule has 0 saturated carbocycles. The fourth-order valence-electron chi connectivity index (χ4n) is 2.55. The van der Waals surface area contributed by atoms with Crippen LogP contribution in [0.2, 0.25) is 0 Å². The first-order valence-electron chi connectivity index (χ1n) is 7.83. The highest BCUT2D eigenvalue weighted by Crippen LogP contribution is 2.11. The summed E-state index contributed by atoms with van der Waals surface area (Å²) < 4.78 is 37.2. The van der Waals surface area contributed by atoms with Gasteiger partial charge < -0.3 is 14.5 Å². The van der Waals surface area contributed by atoms with Gasteiger partial charge in [0.25, 0.3) is 5.91 Å². The minimum atomic E-state index is -3.26. The molecule has 3 heterocycles. The van der Waals surface area contributed by atoms with Crippen molar-refractivity contribution in [1.29, 1.82) is 0 Å². The van der Waals surface area contributed by atoms with Gasteiger partial charge in [-0.15, -0.1) is 0 Å². The predicted octanol–water partition coefficient (Wildman–Crippen LogP) is -0.0854. The van der Waals surface area contributed by atoms with Crippen LogP contribution in [0.5, 0.6) is 0 Å². The summed E-state index contributed by atoms with van der Waals surface area (Å²) in [4.78, 5) is 12.2. The van der Waals surface area contributed by atoms with Gasteiger partial charge in [0.05, 0.1) is 25.5 Å². The van der Waals surface area contributed by atoms with E-state index in [2.05, 4.69) is 10.4 Å². The Bertz CT molecular complexity index is 815. The maximum atomic E-state index is 12.2. The van der Waals surface area contributed by atoms with E-state index in [0.717, 1.165) is 6.26 Å². The first-order chi connectivity index (χ1) is 11.9. The fourth-order valence-corrected chi connectivity index (χ4v) is 3.39. The van der Waals surface area contributed by atoms with Crippen molar-refractivity contribution in [1.82, 2.24) is 19.4 Å². The zero-order chi connectivity index (χ0) is 17.9. The van der Waals surface area contributed by atoms with Crippen LogP contribution in [0.1, 0.15) is 16.3 Å². The molecule has 0 aromatic carbocycles. The molecule has 136 valence electrons. The van der Waals surface area contributed by atoms with Gasteiger partial charge in [-0.1, -0.05) is 0 Å². The van der Waals surface area contributed by atoms with E-state index in [0.29, 0.717) is 25.5 Å². The lowest BCUT2D eigenvalue weighted by Gasteiger charge is -2.31. The SMILES string of the molecule is CS(=O)(=O)N1CCO[C@@H](CNC(=O)c2ccc(Cn3cccn3)o2)C1. The van der Waals surface area contributed by atoms with Crippen molar-refractivity contribution in [2.75, 3.05) is 32.5 Å². The summed E-state index contributed by atoms with van der Waals surface area (Å²) in [6, 6.07) is 5.12. The van der Waals surface area contributed by atoms with E-state index in [-0.39, 0.29) is 30.9 Å². The Morgan fingerprint density at radius 3 is 3.00 bits per heavy atom. The van der Waals surface area contributed by atoms with Crippen LogP contribution >= 0.6 is 0 Å². The Hall–Kier alpha value is -2.17. The van der Waals surface area contributed by atoms with Gasteiger partial charge in [0, 0.05) is 32.0 Å². The number of morpholine rings is 1. The lowest BCUT2D eigenvalue weighted by Crippen LogP contribution is -2.49. The third-order valence-electron chi connectivity index (χ3n) is 3.82. The average Bonchev–Trinajstić information content (AvgIpc) is 3.24. The summed E-state index contributed by atoms with van der Waals surface area (Å²) in [6.45, 7) is 1.51. The van der Waals surface area contributed by atoms with Crippen LogP contribution in [-0.4, -0.2) is 67.0 Å². The molecule has 1 aliphatic rings. The molecule has 1 fully saturated rings. The number of hydrogen-bond acceptors (Lipinski definition) is 6. The maximum absolute atomic E-state index is 12.2. The molecule has 25 heavy (non-hydrogen) atoms. The molecule has 3 rings (SSSR count). The van der Waals surface area contributed by atoms with Crippen LogP contribution in [-0.2, 0) is 21.3 Å². The number of nitrogens with zero attached hydrogens (tertiary/aromatic N) is 3. The first kappa shape index (κ1) is 17.6. The predicted molar refractivity (Wildman–Crippen MR) is 88.5 cm³/mol. The standard InChI is InChI=1S/C15H20N4O5S/c1-25(21,22)19-7-8-23-13(11-19)9-16-15(20)14-4-3-12(24-14)10-18-6-2-5-17-18/h2-6,13H,7-11H2,1H3,(H,16,20)/t13-/m0/s1. The number of sulfonamides is 1. The summed E-state index contributed by atoms with van der Waals surface area (Å²) >= 11 is 0. The van der Waals surface area contributed by atoms with E-state index in [9.17, 15) is 13.2 Å². The van der Waals surface area contributed by atoms with Crippen molar-refractivity contribution in [2.24, 2.45) is 0 Å². The molecule has 0 spiro atoms. The van der Waals surface area contributed by atoms with Crippen LogP contribution in [0.4, 0.5) is 0 Å². The fraction of sp³-hybridized carbons (Fsp3) is 0.467. The lowest BCUT2D eigenvalue weighted by molar-refractivity contribution is 0.000298. The highest BCUT2D eigenvalue weighted by atomic mass is 32.2. The molecule has 1 amide bonds. The number of aromatic nitrogens is 2. The number of furan rings is 1. The van der Waals surface area contributed by atoms with Crippen molar-refractivity contribution in [3.05, 3.63) is 42.1 Å². The molecule has 1 N–H and O–H groups in total. The molecule has 0 bridgehead atoms. The molecular formula is C15H20N4O5S. The topological polar surface area (TPSA) is 107 Å². The van der Waals surface area contributed by atoms with Crippen LogP contribution < -0.4 is 5.32 Å². The molecule has 0 radical (unpaired) electrons. The largest absolute Gasteiger partial charge is 0.454 e. The summed E-state index contributed by atoms with van der Waals surface area (Å²) in [7, 11) is -3.26. The van der Waals surface area contributed by atoms with Crippen molar-refractivity contribution >= 4 is 15.9 Å². The number of ether oxygens (including phenoxy) is 1. The van der Waals surface area contributed by atoms with E-state index < -0.39 is 10.0 Å². The van der Waals surface area contributed by atoms with Gasteiger partial charge in [0.1, 0.15) is 5.76 Å². The molecule has 0 aliphatic carbocycles. The first-order valence-corrected chi connectivity index (χ1v) is 9.68. The molecule has 1 aliphatic heterocycles. The Labute approximate surface area is 145 Å². The van der Waals surface area contributed by atoms with Crippen LogP contribution in [0, 0.1) is 0 Å². The maximum Gasteiger partial charge on any atom is 0.287 e. The number of carbonyl (C=O) groups is 1. The van der Waals surface area contributed by atoms with E-state index in [1.165, 1.54) is 4.31 Å². The summed E-state index contributed by atoms with van der Waals surface area (Å²) in [5.74, 6) is 0.441. The normalized spacial score (nSPS) is 19.0. The van der Waals surface area contributed by atoms with Gasteiger partial charge in [-0.25, -0.2) is 8.42 Å². The van der Waals surface area contributed by atoms with Gasteiger partial charge in [-0.3, -0.25) is 9.48 Å². The van der Waals surface area contributed by atoms with E-state index in [1.807, 2.05) is 0 Å². The smallest absolute Gasteiger partial charge is 0.287 e. The minimum Gasteiger partial charge on any atom is -0.454 e. The van der Waals surface area contributed by atoms with Crippen LogP contribution in [0.3, 0.4) is 0 Å². The molecule has 2 aromatic heterocycles. The van der Waals surface area contributed by atoms with E-state index in [1.54, 1.807) is 35.3 Å². The third-order valence-corrected chi connectivity index (χ3v) is 5.09. The Balaban J connectivity index is 1.52. The molecular weight excluding hydrogens is 348 g/mol. The third kappa shape index (κ3) is 4.68. The van der Waals surface area contributed by atoms with Crippen molar-refractivity contribution in [3.8, 4) is 0 Å². The van der Waals surface area contributed by atoms with Crippen molar-refractivity contribution in [2.45, 2.75) is 12.6 Å². The minimum absolute atomic E-state index is 0.193. The molecule has 9 nitrogen and oxygen atoms in total. The summed E-state index contributed by atoms with van der Waals surface area (Å²) in [6.07, 6.45) is 4.25. The molecule has 10 heteroatoms. The van der Waals surface area contributed by atoms with E-state index >= 15 is 0 Å². The molecule has 2 aromatic rings. The van der Waals surface area contributed by atoms with Gasteiger partial charge in [-0.05, 0) is 18.2 Å². The number of rotatable bonds is 6. The second-order valence-corrected chi connectivity index (χ2v) is 7.78. The van der Waals surface area contributed by atoms with Gasteiger partial charge in [0.2, 0.25) is 10.0 Å². The van der Waals surface area contributed by atoms with E-state index in [4.69, 9.17) is 9.15 Å². The van der Waals surface area contributed by atoms with Crippen LogP contribution in [0.25, 0.3) is 0 Å². The Kier molecular flexibility index (Phi) is 5.21. The zero-order valence-corrected chi connectivity index (χ0v) is 14.6. The second-order valence-electron chi connectivity index (χ2n) is 5.79. The monoisotopic (exact) mass is 368 g/mol. The quantitative estimate of drug-likeness (QED) is 0.764. The summed E-state index contributed by atoms with van der Waals surface area (Å²) in [5, 5.41) is 6.79. The number of hydrogen-bond donors (Lipinski definition) is 1. The lowest BCUT2D eigenvalue weighted by atomic mass is 10.3. The van der Waals surface area contributed by atoms with Gasteiger partial charge in [0.15, 0.2) is 5.76 Å². The van der Waals surface area contributed by atoms with Crippen LogP contribution in [0.15, 0.2) is 35.0 Å². The van der Waals surface area contributed by atoms with Gasteiger partial charge in [-0.2, -0.15) is 9.40 Å². The molecule has 1 saturated heterocycles. The highest BCUT2D eigenvalue weighted by Gasteiger charge is 2.27. The van der Waals surface area contributed by atoms with Crippen molar-refractivity contribution in [3.63, 3.8) is 0 Å². The number of amides is 1. The number of nitrogens with one attached hydrogen (secondary N) is 1. The highest BCUT2D eigenvalue weighted by molar-refractivity contribution is 7.88.